The summed E-state index contributed by atoms with van der Waals surface area (Å²) < 4.78 is 5.91. The Morgan fingerprint density at radius 1 is 1.40 bits per heavy atom. The van der Waals surface area contributed by atoms with Gasteiger partial charge in [-0.3, -0.25) is 9.59 Å². The van der Waals surface area contributed by atoms with E-state index in [1.54, 1.807) is 11.4 Å². The Labute approximate surface area is 132 Å². The van der Waals surface area contributed by atoms with Crippen molar-refractivity contribution < 1.29 is 14.3 Å². The molecule has 0 saturated heterocycles. The van der Waals surface area contributed by atoms with Gasteiger partial charge in [0, 0.05) is 10.3 Å². The Morgan fingerprint density at radius 2 is 2.15 bits per heavy atom. The van der Waals surface area contributed by atoms with Gasteiger partial charge in [-0.2, -0.15) is 0 Å². The third kappa shape index (κ3) is 3.28. The monoisotopic (exact) mass is 373 g/mol. The zero-order chi connectivity index (χ0) is 14.7. The molecular formula is C13H12BrNO3S2. The topological polar surface area (TPSA) is 55.4 Å². The molecule has 2 aromatic heterocycles. The van der Waals surface area contributed by atoms with Crippen molar-refractivity contribution in [1.29, 1.82) is 0 Å². The number of methoxy groups -OCH3 is 1. The molecule has 0 bridgehead atoms. The molecule has 0 saturated carbocycles. The lowest BCUT2D eigenvalue weighted by atomic mass is 10.2. The molecule has 1 N–H and O–H groups in total. The molecule has 0 radical (unpaired) electrons. The van der Waals surface area contributed by atoms with Crippen molar-refractivity contribution in [3.63, 3.8) is 0 Å². The normalized spacial score (nSPS) is 10.3. The van der Waals surface area contributed by atoms with E-state index in [1.807, 2.05) is 13.0 Å². The van der Waals surface area contributed by atoms with Crippen LogP contribution in [0.2, 0.25) is 0 Å². The highest BCUT2D eigenvalue weighted by atomic mass is 79.9. The van der Waals surface area contributed by atoms with Crippen LogP contribution in [0.3, 0.4) is 0 Å². The summed E-state index contributed by atoms with van der Waals surface area (Å²) in [7, 11) is 1.50. The average molecular weight is 374 g/mol. The van der Waals surface area contributed by atoms with Crippen molar-refractivity contribution in [2.45, 2.75) is 6.92 Å². The van der Waals surface area contributed by atoms with Crippen LogP contribution in [0.25, 0.3) is 0 Å². The zero-order valence-corrected chi connectivity index (χ0v) is 14.1. The van der Waals surface area contributed by atoms with Crippen molar-refractivity contribution in [3.8, 4) is 5.75 Å². The van der Waals surface area contributed by atoms with Crippen molar-refractivity contribution in [2.24, 2.45) is 0 Å². The minimum absolute atomic E-state index is 0.0184. The maximum atomic E-state index is 12.0. The molecule has 2 rings (SSSR count). The second-order valence-corrected chi connectivity index (χ2v) is 7.46. The first-order chi connectivity index (χ1) is 9.52. The molecule has 0 aliphatic carbocycles. The van der Waals surface area contributed by atoms with Gasteiger partial charge in [0.1, 0.15) is 3.79 Å². The number of thiophene rings is 2. The van der Waals surface area contributed by atoms with E-state index >= 15 is 0 Å². The molecule has 0 aromatic carbocycles. The summed E-state index contributed by atoms with van der Waals surface area (Å²) in [6, 6.07) is 3.66. The van der Waals surface area contributed by atoms with E-state index in [0.717, 1.165) is 8.66 Å². The van der Waals surface area contributed by atoms with Crippen molar-refractivity contribution in [3.05, 3.63) is 36.6 Å². The van der Waals surface area contributed by atoms with Crippen molar-refractivity contribution >= 4 is 50.3 Å². The van der Waals surface area contributed by atoms with Crippen LogP contribution in [0.4, 0.5) is 0 Å². The van der Waals surface area contributed by atoms with Gasteiger partial charge in [0.2, 0.25) is 0 Å². The second kappa shape index (κ2) is 6.51. The number of hydrogen-bond donors (Lipinski definition) is 1. The van der Waals surface area contributed by atoms with Crippen LogP contribution >= 0.6 is 38.6 Å². The van der Waals surface area contributed by atoms with Gasteiger partial charge in [-0.05, 0) is 35.0 Å². The van der Waals surface area contributed by atoms with E-state index in [1.165, 1.54) is 29.8 Å². The standard InChI is InChI=1S/C13H12BrNO3S2/c1-7-3-4-10(20-7)9(16)5-15-13(17)8-6-19-12(14)11(8)18-2/h3-4,6H,5H2,1-2H3,(H,15,17). The maximum absolute atomic E-state index is 12.0. The Kier molecular flexibility index (Phi) is 4.95. The van der Waals surface area contributed by atoms with E-state index in [9.17, 15) is 9.59 Å². The first kappa shape index (κ1) is 15.2. The molecule has 0 fully saturated rings. The Hall–Kier alpha value is -1.18. The van der Waals surface area contributed by atoms with Gasteiger partial charge >= 0.3 is 0 Å². The van der Waals surface area contributed by atoms with E-state index in [4.69, 9.17) is 4.74 Å². The number of halogens is 1. The molecule has 2 aromatic rings. The highest BCUT2D eigenvalue weighted by Gasteiger charge is 2.18. The van der Waals surface area contributed by atoms with Crippen LogP contribution in [0.1, 0.15) is 24.9 Å². The highest BCUT2D eigenvalue weighted by Crippen LogP contribution is 2.35. The summed E-state index contributed by atoms with van der Waals surface area (Å²) in [4.78, 5) is 25.7. The van der Waals surface area contributed by atoms with Crippen LogP contribution in [0.5, 0.6) is 5.75 Å². The molecule has 4 nitrogen and oxygen atoms in total. The fourth-order valence-electron chi connectivity index (χ4n) is 1.60. The quantitative estimate of drug-likeness (QED) is 0.815. The molecule has 2 heterocycles. The smallest absolute Gasteiger partial charge is 0.256 e. The lowest BCUT2D eigenvalue weighted by Crippen LogP contribution is -2.29. The fraction of sp³-hybridized carbons (Fsp3) is 0.231. The van der Waals surface area contributed by atoms with Gasteiger partial charge in [0.15, 0.2) is 11.5 Å². The summed E-state index contributed by atoms with van der Waals surface area (Å²) in [5.74, 6) is 0.0852. The number of carbonyl (C=O) groups is 2. The van der Waals surface area contributed by atoms with Crippen LogP contribution in [-0.2, 0) is 0 Å². The molecule has 1 amide bonds. The number of rotatable bonds is 5. The summed E-state index contributed by atoms with van der Waals surface area (Å²) in [5, 5.41) is 4.31. The predicted octanol–water partition coefficient (Wildman–Crippen LogP) is 3.50. The largest absolute Gasteiger partial charge is 0.494 e. The molecule has 20 heavy (non-hydrogen) atoms. The first-order valence-corrected chi connectivity index (χ1v) is 8.20. The minimum Gasteiger partial charge on any atom is -0.494 e. The number of ether oxygens (including phenoxy) is 1. The van der Waals surface area contributed by atoms with Crippen molar-refractivity contribution in [2.75, 3.05) is 13.7 Å². The Morgan fingerprint density at radius 3 is 2.75 bits per heavy atom. The Bertz CT molecular complexity index is 648. The number of carbonyl (C=O) groups excluding carboxylic acids is 2. The summed E-state index contributed by atoms with van der Waals surface area (Å²) in [6.07, 6.45) is 0. The van der Waals surface area contributed by atoms with Gasteiger partial charge in [-0.25, -0.2) is 0 Å². The maximum Gasteiger partial charge on any atom is 0.256 e. The van der Waals surface area contributed by atoms with Gasteiger partial charge < -0.3 is 10.1 Å². The molecule has 0 spiro atoms. The highest BCUT2D eigenvalue weighted by molar-refractivity contribution is 9.11. The van der Waals surface area contributed by atoms with Crippen LogP contribution < -0.4 is 10.1 Å². The summed E-state index contributed by atoms with van der Waals surface area (Å²) >= 11 is 6.10. The minimum atomic E-state index is -0.314. The van der Waals surface area contributed by atoms with Crippen LogP contribution in [-0.4, -0.2) is 25.3 Å². The predicted molar refractivity (Wildman–Crippen MR) is 84.3 cm³/mol. The summed E-state index contributed by atoms with van der Waals surface area (Å²) in [5.41, 5.74) is 0.430. The molecule has 0 unspecified atom stereocenters. The number of aryl methyl sites for hydroxylation is 1. The van der Waals surface area contributed by atoms with Crippen LogP contribution in [0.15, 0.2) is 21.3 Å². The van der Waals surface area contributed by atoms with Crippen LogP contribution in [0, 0.1) is 6.92 Å². The SMILES string of the molecule is COc1c(C(=O)NCC(=O)c2ccc(C)s2)csc1Br. The number of amides is 1. The number of nitrogens with one attached hydrogen (secondary N) is 1. The van der Waals surface area contributed by atoms with E-state index < -0.39 is 0 Å². The van der Waals surface area contributed by atoms with Gasteiger partial charge in [-0.1, -0.05) is 0 Å². The first-order valence-electron chi connectivity index (χ1n) is 5.71. The summed E-state index contributed by atoms with van der Waals surface area (Å²) in [6.45, 7) is 1.92. The molecule has 0 atom stereocenters. The molecule has 0 aliphatic rings. The fourth-order valence-corrected chi connectivity index (χ4v) is 3.79. The van der Waals surface area contributed by atoms with Crippen molar-refractivity contribution in [1.82, 2.24) is 5.32 Å². The van der Waals surface area contributed by atoms with Gasteiger partial charge in [-0.15, -0.1) is 22.7 Å². The van der Waals surface area contributed by atoms with E-state index in [0.29, 0.717) is 16.2 Å². The third-order valence-corrected chi connectivity index (χ3v) is 5.29. The average Bonchev–Trinajstić information content (AvgIpc) is 3.01. The molecule has 0 aliphatic heterocycles. The van der Waals surface area contributed by atoms with Gasteiger partial charge in [0.25, 0.3) is 5.91 Å². The third-order valence-electron chi connectivity index (χ3n) is 2.58. The zero-order valence-electron chi connectivity index (χ0n) is 10.9. The van der Waals surface area contributed by atoms with E-state index in [-0.39, 0.29) is 18.2 Å². The molecule has 7 heteroatoms. The van der Waals surface area contributed by atoms with Gasteiger partial charge in [0.05, 0.1) is 24.1 Å². The molecule has 106 valence electrons. The number of ketones is 1. The number of Topliss-reactive ketones (excluding diaryl/α,β-unsaturated/α-hetero) is 1. The number of hydrogen-bond acceptors (Lipinski definition) is 5. The lowest BCUT2D eigenvalue weighted by molar-refractivity contribution is 0.0904. The molecular weight excluding hydrogens is 362 g/mol. The second-order valence-electron chi connectivity index (χ2n) is 3.97. The lowest BCUT2D eigenvalue weighted by Gasteiger charge is -2.05. The van der Waals surface area contributed by atoms with E-state index in [2.05, 4.69) is 21.2 Å². The Balaban J connectivity index is 2.00.